The molecule has 0 spiro atoms. The van der Waals surface area contributed by atoms with Gasteiger partial charge in [0.2, 0.25) is 0 Å². The molecule has 0 amide bonds. The Morgan fingerprint density at radius 1 is 0.941 bits per heavy atom. The molecule has 0 atom stereocenters. The van der Waals surface area contributed by atoms with Crippen LogP contribution in [0.3, 0.4) is 0 Å². The summed E-state index contributed by atoms with van der Waals surface area (Å²) in [4.78, 5) is 8.71. The third kappa shape index (κ3) is 4.66. The highest BCUT2D eigenvalue weighted by atomic mass is 15.3. The van der Waals surface area contributed by atoms with E-state index in [2.05, 4.69) is 50.5 Å². The minimum absolute atomic E-state index is 0.431. The maximum Gasteiger partial charge on any atom is 0.147 e. The zero-order chi connectivity index (χ0) is 23.5. The highest BCUT2D eigenvalue weighted by molar-refractivity contribution is 5.97. The van der Waals surface area contributed by atoms with Crippen LogP contribution in [0.15, 0.2) is 84.4 Å². The van der Waals surface area contributed by atoms with Crippen LogP contribution in [-0.2, 0) is 19.6 Å². The van der Waals surface area contributed by atoms with E-state index in [-0.39, 0.29) is 0 Å². The second-order valence-corrected chi connectivity index (χ2v) is 8.33. The van der Waals surface area contributed by atoms with Crippen molar-refractivity contribution in [3.63, 3.8) is 0 Å². The van der Waals surface area contributed by atoms with Gasteiger partial charge in [-0.3, -0.25) is 14.4 Å². The summed E-state index contributed by atoms with van der Waals surface area (Å²) in [6, 6.07) is 18.4. The van der Waals surface area contributed by atoms with E-state index < -0.39 is 0 Å². The number of aryl methyl sites for hydroxylation is 1. The minimum atomic E-state index is 0.431. The molecule has 34 heavy (non-hydrogen) atoms. The first-order valence-electron chi connectivity index (χ1n) is 11.1. The lowest BCUT2D eigenvalue weighted by Gasteiger charge is -2.05. The van der Waals surface area contributed by atoms with Crippen molar-refractivity contribution in [2.75, 3.05) is 5.73 Å². The van der Waals surface area contributed by atoms with Crippen molar-refractivity contribution >= 4 is 22.4 Å². The van der Waals surface area contributed by atoms with Crippen molar-refractivity contribution in [3.8, 4) is 0 Å². The SMILES string of the molecule is Cc1cn(Cc2ccc(Cn3cccn3)cc2)nc1C(N)=NCc1ccc2c(N)nccc2c1. The van der Waals surface area contributed by atoms with Crippen LogP contribution in [0.4, 0.5) is 5.82 Å². The number of pyridine rings is 1. The summed E-state index contributed by atoms with van der Waals surface area (Å²) in [6.07, 6.45) is 7.46. The number of amidine groups is 1. The van der Waals surface area contributed by atoms with E-state index in [1.165, 1.54) is 11.1 Å². The molecule has 8 nitrogen and oxygen atoms in total. The van der Waals surface area contributed by atoms with Crippen molar-refractivity contribution in [3.05, 3.63) is 107 Å². The molecule has 0 saturated carbocycles. The fraction of sp³-hybridized carbons (Fsp3) is 0.154. The first-order chi connectivity index (χ1) is 16.5. The fourth-order valence-electron chi connectivity index (χ4n) is 3.97. The third-order valence-corrected chi connectivity index (χ3v) is 5.75. The molecule has 0 aliphatic heterocycles. The van der Waals surface area contributed by atoms with E-state index in [1.54, 1.807) is 12.4 Å². The predicted octanol–water partition coefficient (Wildman–Crippen LogP) is 3.52. The molecule has 0 aliphatic rings. The first kappa shape index (κ1) is 21.4. The Morgan fingerprint density at radius 2 is 1.68 bits per heavy atom. The molecule has 2 aromatic carbocycles. The van der Waals surface area contributed by atoms with Gasteiger partial charge in [-0.15, -0.1) is 0 Å². The summed E-state index contributed by atoms with van der Waals surface area (Å²) in [5.74, 6) is 0.959. The molecular weight excluding hydrogens is 424 g/mol. The number of fused-ring (bicyclic) bond motifs is 1. The van der Waals surface area contributed by atoms with E-state index in [0.717, 1.165) is 28.4 Å². The van der Waals surface area contributed by atoms with Gasteiger partial charge >= 0.3 is 0 Å². The summed E-state index contributed by atoms with van der Waals surface area (Å²) >= 11 is 0. The van der Waals surface area contributed by atoms with Crippen LogP contribution < -0.4 is 11.5 Å². The second kappa shape index (κ2) is 9.19. The summed E-state index contributed by atoms with van der Waals surface area (Å²) in [6.45, 7) is 3.89. The summed E-state index contributed by atoms with van der Waals surface area (Å²) in [5.41, 5.74) is 17.4. The lowest BCUT2D eigenvalue weighted by atomic mass is 10.1. The molecule has 8 heteroatoms. The smallest absolute Gasteiger partial charge is 0.147 e. The number of aromatic nitrogens is 5. The Bertz CT molecular complexity index is 1450. The van der Waals surface area contributed by atoms with Gasteiger partial charge in [0.25, 0.3) is 0 Å². The quantitative estimate of drug-likeness (QED) is 0.291. The number of nitrogens with two attached hydrogens (primary N) is 2. The molecule has 0 radical (unpaired) electrons. The maximum atomic E-state index is 6.31. The average molecular weight is 451 g/mol. The predicted molar refractivity (Wildman–Crippen MR) is 134 cm³/mol. The van der Waals surface area contributed by atoms with Crippen LogP contribution in [0.5, 0.6) is 0 Å². The molecule has 170 valence electrons. The van der Waals surface area contributed by atoms with E-state index in [1.807, 2.05) is 52.9 Å². The van der Waals surface area contributed by atoms with Crippen molar-refractivity contribution in [2.45, 2.75) is 26.6 Å². The van der Waals surface area contributed by atoms with Crippen LogP contribution >= 0.6 is 0 Å². The summed E-state index contributed by atoms with van der Waals surface area (Å²) in [5, 5.41) is 10.9. The zero-order valence-corrected chi connectivity index (χ0v) is 19.0. The van der Waals surface area contributed by atoms with Gasteiger partial charge in [0.05, 0.1) is 19.6 Å². The summed E-state index contributed by atoms with van der Waals surface area (Å²) in [7, 11) is 0. The molecule has 0 aliphatic carbocycles. The van der Waals surface area contributed by atoms with Crippen LogP contribution in [0.1, 0.15) is 27.9 Å². The van der Waals surface area contributed by atoms with Gasteiger partial charge in [-0.2, -0.15) is 10.2 Å². The number of anilines is 1. The first-order valence-corrected chi connectivity index (χ1v) is 11.1. The Morgan fingerprint density at radius 3 is 2.41 bits per heavy atom. The highest BCUT2D eigenvalue weighted by Gasteiger charge is 2.10. The maximum absolute atomic E-state index is 6.31. The van der Waals surface area contributed by atoms with E-state index in [0.29, 0.717) is 30.4 Å². The number of hydrogen-bond donors (Lipinski definition) is 2. The molecular formula is C26H26N8. The van der Waals surface area contributed by atoms with Crippen molar-refractivity contribution < 1.29 is 0 Å². The van der Waals surface area contributed by atoms with Crippen molar-refractivity contribution in [2.24, 2.45) is 10.7 Å². The Balaban J connectivity index is 1.26. The Kier molecular flexibility index (Phi) is 5.78. The molecule has 0 fully saturated rings. The minimum Gasteiger partial charge on any atom is -0.383 e. The van der Waals surface area contributed by atoms with Crippen LogP contribution in [0.25, 0.3) is 10.8 Å². The van der Waals surface area contributed by atoms with Crippen LogP contribution in [0.2, 0.25) is 0 Å². The molecule has 0 unspecified atom stereocenters. The zero-order valence-electron chi connectivity index (χ0n) is 19.0. The second-order valence-electron chi connectivity index (χ2n) is 8.33. The molecule has 0 saturated heterocycles. The van der Waals surface area contributed by atoms with Crippen LogP contribution in [-0.4, -0.2) is 30.4 Å². The third-order valence-electron chi connectivity index (χ3n) is 5.75. The largest absolute Gasteiger partial charge is 0.383 e. The molecule has 3 aromatic heterocycles. The van der Waals surface area contributed by atoms with E-state index >= 15 is 0 Å². The highest BCUT2D eigenvalue weighted by Crippen LogP contribution is 2.20. The number of benzene rings is 2. The van der Waals surface area contributed by atoms with Gasteiger partial charge in [0.15, 0.2) is 0 Å². The van der Waals surface area contributed by atoms with Crippen molar-refractivity contribution in [1.82, 2.24) is 24.5 Å². The van der Waals surface area contributed by atoms with Gasteiger partial charge < -0.3 is 11.5 Å². The topological polar surface area (TPSA) is 113 Å². The molecule has 4 N–H and O–H groups in total. The van der Waals surface area contributed by atoms with Crippen molar-refractivity contribution in [1.29, 1.82) is 0 Å². The molecule has 5 aromatic rings. The fourth-order valence-corrected chi connectivity index (χ4v) is 3.97. The number of nitrogens with zero attached hydrogens (tertiary/aromatic N) is 6. The normalized spacial score (nSPS) is 11.9. The average Bonchev–Trinajstić information content (AvgIpc) is 3.48. The number of aliphatic imine (C=N–C) groups is 1. The lowest BCUT2D eigenvalue weighted by Crippen LogP contribution is -2.16. The summed E-state index contributed by atoms with van der Waals surface area (Å²) < 4.78 is 3.81. The van der Waals surface area contributed by atoms with E-state index in [9.17, 15) is 0 Å². The Labute approximate surface area is 197 Å². The number of nitrogen functional groups attached to an aromatic ring is 1. The van der Waals surface area contributed by atoms with E-state index in [4.69, 9.17) is 11.5 Å². The van der Waals surface area contributed by atoms with Gasteiger partial charge in [0.1, 0.15) is 17.3 Å². The van der Waals surface area contributed by atoms with Gasteiger partial charge in [-0.25, -0.2) is 4.98 Å². The number of rotatable bonds is 7. The van der Waals surface area contributed by atoms with Gasteiger partial charge in [-0.05, 0) is 52.8 Å². The van der Waals surface area contributed by atoms with Crippen LogP contribution in [0, 0.1) is 6.92 Å². The standard InChI is InChI=1S/C26H26N8/c1-18-15-34(17-20-5-3-19(4-6-20)16-33-12-2-10-31-33)32-24(18)26(28)30-14-21-7-8-23-22(13-21)9-11-29-25(23)27/h2-13,15H,14,16-17H2,1H3,(H2,27,29)(H2,28,30). The lowest BCUT2D eigenvalue weighted by molar-refractivity contribution is 0.677. The van der Waals surface area contributed by atoms with Gasteiger partial charge in [0, 0.05) is 30.2 Å². The molecule has 3 heterocycles. The monoisotopic (exact) mass is 450 g/mol. The number of hydrogen-bond acceptors (Lipinski definition) is 5. The van der Waals surface area contributed by atoms with Gasteiger partial charge in [-0.1, -0.05) is 36.4 Å². The Hall–Kier alpha value is -4.46. The molecule has 5 rings (SSSR count). The molecule has 0 bridgehead atoms.